The van der Waals surface area contributed by atoms with Crippen LogP contribution in [0.15, 0.2) is 82.4 Å². The summed E-state index contributed by atoms with van der Waals surface area (Å²) in [5, 5.41) is 23.0. The van der Waals surface area contributed by atoms with Crippen LogP contribution in [0, 0.1) is 4.64 Å². The summed E-state index contributed by atoms with van der Waals surface area (Å²) in [7, 11) is 7.55. The van der Waals surface area contributed by atoms with Crippen LogP contribution in [0.25, 0.3) is 0 Å². The third-order valence-corrected chi connectivity index (χ3v) is 11.8. The standard InChI is InChI=1S/C17H21N3O5S.C13H14BrN3O3.C13H15N3O3S.C4H8O2S.H/c1-4-25-17(22)15-16(26-10-9-14(21)24-3)20(19-18-15)11-12-5-7-13(23-2)8-6-12;1-3-20-13(18)11-12(14)17(16-15-11)8-9-4-6-10(19-2)7-5-9;1-3-19-13(17)11-12(20)16(15-14-11)8-9-4-6-10(18-2)7-5-9;1-6-4(5)2-3-7;/h5-8H,4,9-11H2,1-3H3;4-7H,3,8H2,1-2H3;4-7,15H,3,8H2,1-2H3;7H,2-3H2,1H3;/q;;;;-1/i;;;;1+1. The molecule has 0 fully saturated rings. The Balaban J connectivity index is 0.000000357. The van der Waals surface area contributed by atoms with E-state index in [9.17, 15) is 24.0 Å². The maximum atomic E-state index is 12.1. The Morgan fingerprint density at radius 1 is 0.616 bits per heavy atom. The summed E-state index contributed by atoms with van der Waals surface area (Å²) in [6.07, 6.45) is 0.622. The summed E-state index contributed by atoms with van der Waals surface area (Å²) < 4.78 is 44.8. The van der Waals surface area contributed by atoms with Crippen LogP contribution in [-0.2, 0) is 52.9 Å². The number of benzene rings is 3. The second-order valence-electron chi connectivity index (χ2n) is 14.2. The van der Waals surface area contributed by atoms with Crippen LogP contribution in [0.2, 0.25) is 0 Å². The number of thiol groups is 1. The molecule has 26 heteroatoms. The van der Waals surface area contributed by atoms with Crippen molar-refractivity contribution in [3.8, 4) is 17.2 Å². The molecule has 0 aliphatic rings. The van der Waals surface area contributed by atoms with Gasteiger partial charge in [-0.05, 0) is 89.8 Å². The van der Waals surface area contributed by atoms with Gasteiger partial charge in [0.25, 0.3) is 0 Å². The van der Waals surface area contributed by atoms with Crippen molar-refractivity contribution in [3.63, 3.8) is 0 Å². The number of thioether (sulfide) groups is 1. The number of esters is 5. The predicted molar refractivity (Wildman–Crippen MR) is 278 cm³/mol. The van der Waals surface area contributed by atoms with Crippen molar-refractivity contribution < 1.29 is 63.3 Å². The van der Waals surface area contributed by atoms with E-state index >= 15 is 0 Å². The van der Waals surface area contributed by atoms with Gasteiger partial charge in [0.15, 0.2) is 4.64 Å². The van der Waals surface area contributed by atoms with E-state index in [4.69, 9.17) is 40.6 Å². The van der Waals surface area contributed by atoms with Crippen LogP contribution < -0.4 is 14.2 Å². The lowest BCUT2D eigenvalue weighted by atomic mass is 10.2. The molecule has 0 bridgehead atoms. The van der Waals surface area contributed by atoms with Gasteiger partial charge in [-0.3, -0.25) is 14.3 Å². The van der Waals surface area contributed by atoms with Crippen molar-refractivity contribution in [2.45, 2.75) is 58.3 Å². The number of rotatable bonds is 21. The molecule has 3 heterocycles. The Morgan fingerprint density at radius 3 is 1.47 bits per heavy atom. The van der Waals surface area contributed by atoms with Crippen LogP contribution in [0.3, 0.4) is 0 Å². The molecule has 0 saturated heterocycles. The molecule has 6 aromatic rings. The highest BCUT2D eigenvalue weighted by atomic mass is 79.9. The zero-order valence-corrected chi connectivity index (χ0v) is 45.6. The first-order valence-corrected chi connectivity index (χ1v) is 25.0. The first kappa shape index (κ1) is 60.5. The van der Waals surface area contributed by atoms with Crippen LogP contribution in [0.5, 0.6) is 17.2 Å². The predicted octanol–water partition coefficient (Wildman–Crippen LogP) is 7.21. The third kappa shape index (κ3) is 20.0. The maximum Gasteiger partial charge on any atom is 0.362 e. The van der Waals surface area contributed by atoms with E-state index in [2.05, 4.69) is 69.0 Å². The van der Waals surface area contributed by atoms with E-state index in [-0.39, 0.29) is 43.5 Å². The number of aromatic nitrogens is 9. The lowest BCUT2D eigenvalue weighted by Gasteiger charge is -2.08. The van der Waals surface area contributed by atoms with Crippen molar-refractivity contribution >= 4 is 82.4 Å². The van der Waals surface area contributed by atoms with Gasteiger partial charge < -0.3 is 39.3 Å². The van der Waals surface area contributed by atoms with Crippen LogP contribution in [0.4, 0.5) is 0 Å². The van der Waals surface area contributed by atoms with E-state index in [1.807, 2.05) is 72.8 Å². The summed E-state index contributed by atoms with van der Waals surface area (Å²) in [5.41, 5.74) is 3.47. The summed E-state index contributed by atoms with van der Waals surface area (Å²) in [6, 6.07) is 22.7. The van der Waals surface area contributed by atoms with E-state index in [1.54, 1.807) is 56.1 Å². The topological polar surface area (TPSA) is 254 Å². The molecule has 0 amide bonds. The average Bonchev–Trinajstić information content (AvgIpc) is 4.10. The number of methoxy groups -OCH3 is 5. The number of carbonyl (C=O) groups is 5. The minimum absolute atomic E-state index is 0. The molecule has 6 rings (SSSR count). The number of H-pyrrole nitrogens is 1. The molecule has 22 nitrogen and oxygen atoms in total. The highest BCUT2D eigenvalue weighted by Gasteiger charge is 2.23. The summed E-state index contributed by atoms with van der Waals surface area (Å²) in [5.74, 6) is 1.29. The van der Waals surface area contributed by atoms with Crippen molar-refractivity contribution in [2.24, 2.45) is 0 Å². The number of nitrogens with zero attached hydrogens (tertiary/aromatic N) is 8. The van der Waals surface area contributed by atoms with Crippen molar-refractivity contribution in [2.75, 3.05) is 66.9 Å². The lowest BCUT2D eigenvalue weighted by Crippen LogP contribution is -2.09. The minimum Gasteiger partial charge on any atom is -1.00 e. The molecule has 0 unspecified atom stereocenters. The van der Waals surface area contributed by atoms with Gasteiger partial charge in [-0.25, -0.2) is 29.0 Å². The van der Waals surface area contributed by atoms with Gasteiger partial charge >= 0.3 is 29.8 Å². The molecular weight excluding hydrogens is 1070 g/mol. The Bertz CT molecular complexity index is 2720. The Labute approximate surface area is 446 Å². The normalized spacial score (nSPS) is 10.2. The van der Waals surface area contributed by atoms with Crippen molar-refractivity contribution in [1.29, 1.82) is 0 Å². The molecule has 396 valence electrons. The first-order valence-electron chi connectivity index (χ1n) is 22.2. The van der Waals surface area contributed by atoms with E-state index < -0.39 is 17.9 Å². The fourth-order valence-corrected chi connectivity index (χ4v) is 7.45. The Kier molecular flexibility index (Phi) is 27.4. The highest BCUT2D eigenvalue weighted by molar-refractivity contribution is 9.10. The first-order chi connectivity index (χ1) is 35.2. The summed E-state index contributed by atoms with van der Waals surface area (Å²) >= 11 is 13.7. The second-order valence-corrected chi connectivity index (χ2v) is 16.8. The molecule has 0 radical (unpaired) electrons. The van der Waals surface area contributed by atoms with Crippen molar-refractivity contribution in [1.82, 2.24) is 45.0 Å². The zero-order chi connectivity index (χ0) is 53.7. The monoisotopic (exact) mass is 1130 g/mol. The molecule has 0 spiro atoms. The van der Waals surface area contributed by atoms with E-state index in [1.165, 1.54) is 26.0 Å². The SMILES string of the molecule is CCOC(=O)c1n[nH]n(Cc2ccc(OC)cc2)c1=S.CCOC(=O)c1nnn(Cc2ccc(OC)cc2)c1Br.CCOC(=O)c1nnn(Cc2ccc(OC)cc2)c1SCCC(=O)OC.COC(=O)CCS.[2H-]. The number of ether oxygens (including phenoxy) is 8. The quantitative estimate of drug-likeness (QED) is 0.0237. The number of hydrogen-bond acceptors (Lipinski definition) is 21. The fraction of sp³-hybridized carbons (Fsp3) is 0.383. The van der Waals surface area contributed by atoms with Gasteiger partial charge in [0.1, 0.15) is 26.9 Å². The van der Waals surface area contributed by atoms with Gasteiger partial charge in [0, 0.05) is 11.5 Å². The highest BCUT2D eigenvalue weighted by Crippen LogP contribution is 2.25. The molecule has 0 atom stereocenters. The van der Waals surface area contributed by atoms with Gasteiger partial charge in [-0.15, -0.1) is 27.1 Å². The van der Waals surface area contributed by atoms with Crippen molar-refractivity contribution in [3.05, 3.63) is 116 Å². The summed E-state index contributed by atoms with van der Waals surface area (Å²) in [4.78, 5) is 56.8. The number of carbonyl (C=O) groups excluding carboxylic acids is 5. The summed E-state index contributed by atoms with van der Waals surface area (Å²) in [6.45, 7) is 7.46. The minimum atomic E-state index is -0.533. The Hall–Kier alpha value is -6.77. The largest absolute Gasteiger partial charge is 1.00 e. The molecule has 3 aromatic heterocycles. The zero-order valence-electron chi connectivity index (χ0n) is 42.5. The lowest BCUT2D eigenvalue weighted by molar-refractivity contribution is -0.140. The molecule has 0 saturated carbocycles. The van der Waals surface area contributed by atoms with Gasteiger partial charge in [0.05, 0.1) is 87.8 Å². The molecule has 1 N–H and O–H groups in total. The molecule has 0 aliphatic heterocycles. The molecule has 73 heavy (non-hydrogen) atoms. The van der Waals surface area contributed by atoms with Crippen LogP contribution in [0.1, 0.15) is 83.2 Å². The van der Waals surface area contributed by atoms with E-state index in [0.717, 1.165) is 33.9 Å². The molecular formula is C47H59BrN9O13S3-. The average molecular weight is 1140 g/mol. The molecule has 0 aliphatic carbocycles. The number of halogens is 1. The van der Waals surface area contributed by atoms with E-state index in [0.29, 0.717) is 65.0 Å². The maximum absolute atomic E-state index is 12.1. The van der Waals surface area contributed by atoms with Crippen LogP contribution >= 0.6 is 52.5 Å². The van der Waals surface area contributed by atoms with Gasteiger partial charge in [-0.1, -0.05) is 59.0 Å². The Morgan fingerprint density at radius 2 is 1.03 bits per heavy atom. The van der Waals surface area contributed by atoms with Gasteiger partial charge in [0.2, 0.25) is 17.1 Å². The number of nitrogens with one attached hydrogen (secondary N) is 1. The second kappa shape index (κ2) is 33.1. The van der Waals surface area contributed by atoms with Gasteiger partial charge in [-0.2, -0.15) is 12.6 Å². The smallest absolute Gasteiger partial charge is 0.362 e. The fourth-order valence-electron chi connectivity index (χ4n) is 5.62. The number of aromatic amines is 1. The molecule has 3 aromatic carbocycles. The van der Waals surface area contributed by atoms with Crippen LogP contribution in [-0.4, -0.2) is 142 Å². The number of hydrogen-bond donors (Lipinski definition) is 2. The third-order valence-electron chi connectivity index (χ3n) is 9.30.